The fourth-order valence-corrected chi connectivity index (χ4v) is 2.90. The molecule has 144 valence electrons. The highest BCUT2D eigenvalue weighted by atomic mass is 35.5. The van der Waals surface area contributed by atoms with Crippen molar-refractivity contribution in [2.75, 3.05) is 4.90 Å². The van der Waals surface area contributed by atoms with Crippen LogP contribution < -0.4 is 10.2 Å². The summed E-state index contributed by atoms with van der Waals surface area (Å²) in [6.45, 7) is 5.36. The van der Waals surface area contributed by atoms with Crippen LogP contribution in [0, 0.1) is 0 Å². The van der Waals surface area contributed by atoms with Gasteiger partial charge in [-0.25, -0.2) is 9.97 Å². The van der Waals surface area contributed by atoms with E-state index >= 15 is 0 Å². The maximum absolute atomic E-state index is 12.3. The van der Waals surface area contributed by atoms with Crippen molar-refractivity contribution < 1.29 is 4.79 Å². The number of nitrogens with one attached hydrogen (secondary N) is 1. The lowest BCUT2D eigenvalue weighted by Gasteiger charge is -2.27. The minimum atomic E-state index is -0.256. The number of aromatic nitrogens is 2. The van der Waals surface area contributed by atoms with Crippen LogP contribution in [-0.4, -0.2) is 21.9 Å². The molecule has 0 aliphatic carbocycles. The largest absolute Gasteiger partial charge is 0.349 e. The van der Waals surface area contributed by atoms with Gasteiger partial charge in [0.05, 0.1) is 12.4 Å². The lowest BCUT2D eigenvalue weighted by atomic mass is 10.2. The molecule has 0 fully saturated rings. The van der Waals surface area contributed by atoms with Crippen LogP contribution in [0.15, 0.2) is 67.0 Å². The highest BCUT2D eigenvalue weighted by Crippen LogP contribution is 2.17. The fourth-order valence-electron chi connectivity index (χ4n) is 2.77. The number of nitrogens with zero attached hydrogens (tertiary/aromatic N) is 3. The van der Waals surface area contributed by atoms with E-state index < -0.39 is 0 Å². The Kier molecular flexibility index (Phi) is 6.61. The number of carbonyl (C=O) groups is 1. The fraction of sp³-hybridized carbons (Fsp3) is 0.227. The zero-order chi connectivity index (χ0) is 19.9. The Morgan fingerprint density at radius 1 is 1.00 bits per heavy atom. The van der Waals surface area contributed by atoms with E-state index in [0.29, 0.717) is 17.3 Å². The molecule has 0 saturated heterocycles. The summed E-state index contributed by atoms with van der Waals surface area (Å²) < 4.78 is 0. The van der Waals surface area contributed by atoms with E-state index in [1.807, 2.05) is 30.3 Å². The van der Waals surface area contributed by atoms with E-state index in [-0.39, 0.29) is 11.9 Å². The van der Waals surface area contributed by atoms with Crippen LogP contribution >= 0.6 is 11.6 Å². The quantitative estimate of drug-likeness (QED) is 0.642. The Morgan fingerprint density at radius 3 is 2.32 bits per heavy atom. The van der Waals surface area contributed by atoms with Crippen LogP contribution in [0.1, 0.15) is 35.5 Å². The van der Waals surface area contributed by atoms with Crippen molar-refractivity contribution in [3.05, 3.63) is 88.8 Å². The van der Waals surface area contributed by atoms with Crippen LogP contribution in [0.3, 0.4) is 0 Å². The summed E-state index contributed by atoms with van der Waals surface area (Å²) in [5.41, 5.74) is 2.46. The lowest BCUT2D eigenvalue weighted by Crippen LogP contribution is -2.31. The standard InChI is InChI=1S/C22H23ClN4O/c1-16(2)27(15-18-6-4-3-5-7-18)21-14-24-20(13-25-21)22(28)26-12-17-8-10-19(23)11-9-17/h3-11,13-14,16H,12,15H2,1-2H3,(H,26,28). The van der Waals surface area contributed by atoms with Crippen molar-refractivity contribution in [2.45, 2.75) is 33.0 Å². The van der Waals surface area contributed by atoms with Crippen molar-refractivity contribution in [2.24, 2.45) is 0 Å². The average Bonchev–Trinajstić information content (AvgIpc) is 2.72. The predicted octanol–water partition coefficient (Wildman–Crippen LogP) is 4.48. The number of rotatable bonds is 7. The monoisotopic (exact) mass is 394 g/mol. The van der Waals surface area contributed by atoms with Gasteiger partial charge < -0.3 is 10.2 Å². The molecule has 0 atom stereocenters. The Bertz CT molecular complexity index is 896. The molecule has 3 aromatic rings. The van der Waals surface area contributed by atoms with Crippen LogP contribution in [-0.2, 0) is 13.1 Å². The van der Waals surface area contributed by atoms with Gasteiger partial charge in [0.2, 0.25) is 0 Å². The van der Waals surface area contributed by atoms with Crippen LogP contribution in [0.25, 0.3) is 0 Å². The summed E-state index contributed by atoms with van der Waals surface area (Å²) in [6.07, 6.45) is 3.17. The van der Waals surface area contributed by atoms with Crippen molar-refractivity contribution in [1.82, 2.24) is 15.3 Å². The second-order valence-electron chi connectivity index (χ2n) is 6.78. The number of hydrogen-bond donors (Lipinski definition) is 1. The van der Waals surface area contributed by atoms with Gasteiger partial charge in [-0.3, -0.25) is 4.79 Å². The molecule has 1 aromatic heterocycles. The molecule has 1 heterocycles. The number of amides is 1. The van der Waals surface area contributed by atoms with Crippen molar-refractivity contribution in [3.8, 4) is 0 Å². The summed E-state index contributed by atoms with van der Waals surface area (Å²) in [7, 11) is 0. The molecular weight excluding hydrogens is 372 g/mol. The van der Waals surface area contributed by atoms with E-state index in [9.17, 15) is 4.79 Å². The molecular formula is C22H23ClN4O. The van der Waals surface area contributed by atoms with Gasteiger partial charge >= 0.3 is 0 Å². The Balaban J connectivity index is 1.65. The number of halogens is 1. The Hall–Kier alpha value is -2.92. The van der Waals surface area contributed by atoms with Crippen LogP contribution in [0.4, 0.5) is 5.82 Å². The summed E-state index contributed by atoms with van der Waals surface area (Å²) >= 11 is 5.87. The van der Waals surface area contributed by atoms with E-state index in [2.05, 4.69) is 46.2 Å². The van der Waals surface area contributed by atoms with E-state index in [4.69, 9.17) is 11.6 Å². The molecule has 0 unspecified atom stereocenters. The minimum absolute atomic E-state index is 0.249. The molecule has 0 aliphatic heterocycles. The molecule has 0 saturated carbocycles. The van der Waals surface area contributed by atoms with Crippen molar-refractivity contribution >= 4 is 23.3 Å². The van der Waals surface area contributed by atoms with Gasteiger partial charge in [-0.15, -0.1) is 0 Å². The zero-order valence-electron chi connectivity index (χ0n) is 16.0. The number of carbonyl (C=O) groups excluding carboxylic acids is 1. The molecule has 0 radical (unpaired) electrons. The van der Waals surface area contributed by atoms with Crippen molar-refractivity contribution in [3.63, 3.8) is 0 Å². The molecule has 0 bridgehead atoms. The molecule has 0 aliphatic rings. The predicted molar refractivity (Wildman–Crippen MR) is 112 cm³/mol. The third-order valence-electron chi connectivity index (χ3n) is 4.35. The molecule has 6 heteroatoms. The molecule has 2 aromatic carbocycles. The first-order valence-corrected chi connectivity index (χ1v) is 9.56. The van der Waals surface area contributed by atoms with Gasteiger partial charge in [0.25, 0.3) is 5.91 Å². The van der Waals surface area contributed by atoms with E-state index in [0.717, 1.165) is 17.9 Å². The number of benzene rings is 2. The Morgan fingerprint density at radius 2 is 1.71 bits per heavy atom. The van der Waals surface area contributed by atoms with Gasteiger partial charge in [0.15, 0.2) is 0 Å². The maximum atomic E-state index is 12.3. The van der Waals surface area contributed by atoms with E-state index in [1.54, 1.807) is 18.3 Å². The van der Waals surface area contributed by atoms with E-state index in [1.165, 1.54) is 11.8 Å². The molecule has 28 heavy (non-hydrogen) atoms. The highest BCUT2D eigenvalue weighted by molar-refractivity contribution is 6.30. The first-order valence-electron chi connectivity index (χ1n) is 9.18. The van der Waals surface area contributed by atoms with Gasteiger partial charge in [-0.05, 0) is 37.1 Å². The topological polar surface area (TPSA) is 58.1 Å². The maximum Gasteiger partial charge on any atom is 0.271 e. The molecule has 1 N–H and O–H groups in total. The molecule has 0 spiro atoms. The average molecular weight is 395 g/mol. The first kappa shape index (κ1) is 19.8. The van der Waals surface area contributed by atoms with Crippen LogP contribution in [0.2, 0.25) is 5.02 Å². The minimum Gasteiger partial charge on any atom is -0.349 e. The lowest BCUT2D eigenvalue weighted by molar-refractivity contribution is 0.0945. The third kappa shape index (κ3) is 5.30. The Labute approximate surface area is 170 Å². The van der Waals surface area contributed by atoms with Gasteiger partial charge in [0.1, 0.15) is 11.5 Å². The smallest absolute Gasteiger partial charge is 0.271 e. The number of hydrogen-bond acceptors (Lipinski definition) is 4. The SMILES string of the molecule is CC(C)N(Cc1ccccc1)c1cnc(C(=O)NCc2ccc(Cl)cc2)cn1. The first-order chi connectivity index (χ1) is 13.5. The van der Waals surface area contributed by atoms with Crippen LogP contribution in [0.5, 0.6) is 0 Å². The van der Waals surface area contributed by atoms with Crippen molar-refractivity contribution in [1.29, 1.82) is 0 Å². The summed E-state index contributed by atoms with van der Waals surface area (Å²) in [5.74, 6) is 0.487. The second kappa shape index (κ2) is 9.33. The summed E-state index contributed by atoms with van der Waals surface area (Å²) in [5, 5.41) is 3.52. The number of anilines is 1. The zero-order valence-corrected chi connectivity index (χ0v) is 16.7. The summed E-state index contributed by atoms with van der Waals surface area (Å²) in [6, 6.07) is 17.8. The van der Waals surface area contributed by atoms with Gasteiger partial charge in [0, 0.05) is 24.2 Å². The second-order valence-corrected chi connectivity index (χ2v) is 7.21. The molecule has 1 amide bonds. The summed E-state index contributed by atoms with van der Waals surface area (Å²) in [4.78, 5) is 23.3. The third-order valence-corrected chi connectivity index (χ3v) is 4.60. The van der Waals surface area contributed by atoms with Gasteiger partial charge in [-0.2, -0.15) is 0 Å². The molecule has 5 nitrogen and oxygen atoms in total. The normalized spacial score (nSPS) is 10.7. The molecule has 3 rings (SSSR count). The van der Waals surface area contributed by atoms with Gasteiger partial charge in [-0.1, -0.05) is 54.1 Å². The highest BCUT2D eigenvalue weighted by Gasteiger charge is 2.15.